The van der Waals surface area contributed by atoms with Gasteiger partial charge in [0, 0.05) is 16.5 Å². The molecule has 4 heteroatoms. The molecule has 0 radical (unpaired) electrons. The van der Waals surface area contributed by atoms with Gasteiger partial charge in [-0.1, -0.05) is 6.07 Å². The van der Waals surface area contributed by atoms with E-state index in [2.05, 4.69) is 0 Å². The Morgan fingerprint density at radius 2 is 1.94 bits per heavy atom. The SMILES string of the molecule is Cc1sccc1C(O)c1ccc(F)cc1F. The van der Waals surface area contributed by atoms with Gasteiger partial charge in [0.25, 0.3) is 0 Å². The molecule has 0 aliphatic carbocycles. The van der Waals surface area contributed by atoms with Gasteiger partial charge in [0.15, 0.2) is 0 Å². The zero-order valence-electron chi connectivity index (χ0n) is 8.58. The number of benzene rings is 1. The second-order valence-electron chi connectivity index (χ2n) is 3.50. The molecule has 1 N–H and O–H groups in total. The van der Waals surface area contributed by atoms with Crippen molar-refractivity contribution in [3.63, 3.8) is 0 Å². The van der Waals surface area contributed by atoms with E-state index >= 15 is 0 Å². The van der Waals surface area contributed by atoms with Gasteiger partial charge in [-0.05, 0) is 30.0 Å². The smallest absolute Gasteiger partial charge is 0.132 e. The lowest BCUT2D eigenvalue weighted by molar-refractivity contribution is 0.214. The number of hydrogen-bond acceptors (Lipinski definition) is 2. The lowest BCUT2D eigenvalue weighted by Crippen LogP contribution is -2.03. The molecule has 1 atom stereocenters. The molecule has 1 heterocycles. The first kappa shape index (κ1) is 11.2. The lowest BCUT2D eigenvalue weighted by atomic mass is 10.0. The van der Waals surface area contributed by atoms with E-state index in [0.717, 1.165) is 17.0 Å². The maximum Gasteiger partial charge on any atom is 0.132 e. The number of aliphatic hydroxyl groups is 1. The van der Waals surface area contributed by atoms with Gasteiger partial charge in [-0.15, -0.1) is 11.3 Å². The first-order valence-corrected chi connectivity index (χ1v) is 5.64. The van der Waals surface area contributed by atoms with E-state index in [-0.39, 0.29) is 5.56 Å². The molecule has 0 aliphatic rings. The van der Waals surface area contributed by atoms with Crippen molar-refractivity contribution in [1.29, 1.82) is 0 Å². The highest BCUT2D eigenvalue weighted by Gasteiger charge is 2.17. The standard InChI is InChI=1S/C12H10F2OS/c1-7-9(4-5-16-7)12(15)10-3-2-8(13)6-11(10)14/h2-6,12,15H,1H3. The van der Waals surface area contributed by atoms with Gasteiger partial charge in [0.2, 0.25) is 0 Å². The monoisotopic (exact) mass is 240 g/mol. The lowest BCUT2D eigenvalue weighted by Gasteiger charge is -2.11. The zero-order chi connectivity index (χ0) is 11.7. The average molecular weight is 240 g/mol. The minimum absolute atomic E-state index is 0.0999. The van der Waals surface area contributed by atoms with Crippen molar-refractivity contribution in [2.45, 2.75) is 13.0 Å². The van der Waals surface area contributed by atoms with E-state index in [1.54, 1.807) is 6.07 Å². The van der Waals surface area contributed by atoms with Gasteiger partial charge < -0.3 is 5.11 Å². The van der Waals surface area contributed by atoms with E-state index in [4.69, 9.17) is 0 Å². The van der Waals surface area contributed by atoms with Crippen LogP contribution < -0.4 is 0 Å². The molecule has 0 saturated carbocycles. The number of aliphatic hydroxyl groups excluding tert-OH is 1. The van der Waals surface area contributed by atoms with Crippen LogP contribution in [0.2, 0.25) is 0 Å². The predicted octanol–water partition coefficient (Wildman–Crippen LogP) is 3.42. The summed E-state index contributed by atoms with van der Waals surface area (Å²) in [4.78, 5) is 0.927. The van der Waals surface area contributed by atoms with Crippen molar-refractivity contribution >= 4 is 11.3 Å². The molecule has 0 bridgehead atoms. The zero-order valence-corrected chi connectivity index (χ0v) is 9.39. The van der Waals surface area contributed by atoms with Crippen LogP contribution in [0.15, 0.2) is 29.6 Å². The Balaban J connectivity index is 2.41. The molecule has 0 saturated heterocycles. The molecule has 0 fully saturated rings. The Bertz CT molecular complexity index is 507. The van der Waals surface area contributed by atoms with Gasteiger partial charge in [-0.25, -0.2) is 8.78 Å². The van der Waals surface area contributed by atoms with Crippen LogP contribution in [0, 0.1) is 18.6 Å². The molecule has 2 aromatic rings. The summed E-state index contributed by atoms with van der Waals surface area (Å²) < 4.78 is 26.1. The molecule has 0 amide bonds. The maximum atomic E-state index is 13.4. The Labute approximate surface area is 96.0 Å². The summed E-state index contributed by atoms with van der Waals surface area (Å²) in [6.07, 6.45) is -1.04. The van der Waals surface area contributed by atoms with E-state index in [1.807, 2.05) is 12.3 Å². The number of hydrogen-bond donors (Lipinski definition) is 1. The Morgan fingerprint density at radius 1 is 1.19 bits per heavy atom. The molecule has 84 valence electrons. The average Bonchev–Trinajstić information content (AvgIpc) is 2.63. The summed E-state index contributed by atoms with van der Waals surface area (Å²) >= 11 is 1.48. The van der Waals surface area contributed by atoms with Crippen LogP contribution in [-0.2, 0) is 0 Å². The third-order valence-corrected chi connectivity index (χ3v) is 3.31. The summed E-state index contributed by atoms with van der Waals surface area (Å²) in [6, 6.07) is 4.93. The Kier molecular flexibility index (Phi) is 3.03. The largest absolute Gasteiger partial charge is 0.384 e. The molecular formula is C12H10F2OS. The number of halogens is 2. The molecule has 1 nitrogen and oxygen atoms in total. The van der Waals surface area contributed by atoms with Crippen molar-refractivity contribution < 1.29 is 13.9 Å². The summed E-state index contributed by atoms with van der Waals surface area (Å²) in [5, 5.41) is 11.8. The highest BCUT2D eigenvalue weighted by molar-refractivity contribution is 7.10. The van der Waals surface area contributed by atoms with Crippen LogP contribution in [0.1, 0.15) is 22.1 Å². The molecule has 0 aliphatic heterocycles. The summed E-state index contributed by atoms with van der Waals surface area (Å²) in [6.45, 7) is 1.85. The molecule has 1 aromatic heterocycles. The molecule has 0 spiro atoms. The molecule has 16 heavy (non-hydrogen) atoms. The maximum absolute atomic E-state index is 13.4. The quantitative estimate of drug-likeness (QED) is 0.852. The molecular weight excluding hydrogens is 230 g/mol. The number of thiophene rings is 1. The molecule has 1 aromatic carbocycles. The van der Waals surface area contributed by atoms with Crippen molar-refractivity contribution in [2.24, 2.45) is 0 Å². The second-order valence-corrected chi connectivity index (χ2v) is 4.62. The number of aryl methyl sites for hydroxylation is 1. The minimum atomic E-state index is -1.04. The highest BCUT2D eigenvalue weighted by atomic mass is 32.1. The van der Waals surface area contributed by atoms with Gasteiger partial charge in [0.05, 0.1) is 0 Å². The van der Waals surface area contributed by atoms with Crippen molar-refractivity contribution in [1.82, 2.24) is 0 Å². The van der Waals surface area contributed by atoms with Gasteiger partial charge in [-0.2, -0.15) is 0 Å². The van der Waals surface area contributed by atoms with Crippen LogP contribution in [0.5, 0.6) is 0 Å². The van der Waals surface area contributed by atoms with Crippen LogP contribution in [0.4, 0.5) is 8.78 Å². The Morgan fingerprint density at radius 3 is 2.50 bits per heavy atom. The van der Waals surface area contributed by atoms with Crippen LogP contribution in [-0.4, -0.2) is 5.11 Å². The van der Waals surface area contributed by atoms with Crippen LogP contribution >= 0.6 is 11.3 Å². The first-order valence-electron chi connectivity index (χ1n) is 4.76. The van der Waals surface area contributed by atoms with Gasteiger partial charge in [0.1, 0.15) is 17.7 Å². The van der Waals surface area contributed by atoms with E-state index in [1.165, 1.54) is 17.4 Å². The summed E-state index contributed by atoms with van der Waals surface area (Å²) in [7, 11) is 0. The van der Waals surface area contributed by atoms with E-state index in [0.29, 0.717) is 5.56 Å². The van der Waals surface area contributed by atoms with Crippen molar-refractivity contribution in [2.75, 3.05) is 0 Å². The normalized spacial score (nSPS) is 12.8. The topological polar surface area (TPSA) is 20.2 Å². The second kappa shape index (κ2) is 4.31. The van der Waals surface area contributed by atoms with E-state index in [9.17, 15) is 13.9 Å². The fourth-order valence-corrected chi connectivity index (χ4v) is 2.30. The first-order chi connectivity index (χ1) is 7.59. The predicted molar refractivity (Wildman–Crippen MR) is 59.5 cm³/mol. The third-order valence-electron chi connectivity index (χ3n) is 2.45. The van der Waals surface area contributed by atoms with Gasteiger partial charge in [-0.3, -0.25) is 0 Å². The highest BCUT2D eigenvalue weighted by Crippen LogP contribution is 2.29. The van der Waals surface area contributed by atoms with Crippen molar-refractivity contribution in [3.05, 3.63) is 57.3 Å². The molecule has 2 rings (SSSR count). The fraction of sp³-hybridized carbons (Fsp3) is 0.167. The Hall–Kier alpha value is -1.26. The summed E-state index contributed by atoms with van der Waals surface area (Å²) in [5.41, 5.74) is 0.762. The van der Waals surface area contributed by atoms with Crippen molar-refractivity contribution in [3.8, 4) is 0 Å². The minimum Gasteiger partial charge on any atom is -0.384 e. The summed E-state index contributed by atoms with van der Waals surface area (Å²) in [5.74, 6) is -1.37. The number of rotatable bonds is 2. The van der Waals surface area contributed by atoms with Crippen LogP contribution in [0.3, 0.4) is 0 Å². The fourth-order valence-electron chi connectivity index (χ4n) is 1.57. The third kappa shape index (κ3) is 1.99. The van der Waals surface area contributed by atoms with Crippen LogP contribution in [0.25, 0.3) is 0 Å². The molecule has 1 unspecified atom stereocenters. The van der Waals surface area contributed by atoms with E-state index < -0.39 is 17.7 Å². The van der Waals surface area contributed by atoms with Gasteiger partial charge >= 0.3 is 0 Å².